The number of carbonyl (C=O) groups is 1. The van der Waals surface area contributed by atoms with Crippen LogP contribution in [0, 0.1) is 0 Å². The number of rotatable bonds is 3. The highest BCUT2D eigenvalue weighted by molar-refractivity contribution is 5.95. The smallest absolute Gasteiger partial charge is 0.273 e. The summed E-state index contributed by atoms with van der Waals surface area (Å²) in [5.74, 6) is 0.0464. The third-order valence-electron chi connectivity index (χ3n) is 3.62. The van der Waals surface area contributed by atoms with E-state index in [9.17, 15) is 9.59 Å². The Labute approximate surface area is 121 Å². The fourth-order valence-corrected chi connectivity index (χ4v) is 2.62. The van der Waals surface area contributed by atoms with Crippen molar-refractivity contribution in [1.29, 1.82) is 0 Å². The molecule has 0 fully saturated rings. The van der Waals surface area contributed by atoms with Crippen LogP contribution < -0.4 is 16.2 Å². The van der Waals surface area contributed by atoms with Crippen LogP contribution in [0.3, 0.4) is 0 Å². The maximum atomic E-state index is 12.0. The molecular weight excluding hydrogens is 268 g/mol. The maximum absolute atomic E-state index is 12.0. The Hall–Kier alpha value is -2.47. The number of nitrogens with two attached hydrogens (primary N) is 1. The van der Waals surface area contributed by atoms with E-state index in [0.717, 1.165) is 23.4 Å². The van der Waals surface area contributed by atoms with Gasteiger partial charge in [-0.25, -0.2) is 0 Å². The second-order valence-corrected chi connectivity index (χ2v) is 4.93. The number of fused-ring (bicyclic) bond motifs is 1. The van der Waals surface area contributed by atoms with Crippen molar-refractivity contribution in [2.24, 2.45) is 5.73 Å². The molecule has 1 aromatic heterocycles. The van der Waals surface area contributed by atoms with Crippen LogP contribution >= 0.6 is 0 Å². The highest BCUT2D eigenvalue weighted by Gasteiger charge is 2.24. The number of anilines is 1. The molecule has 21 heavy (non-hydrogen) atoms. The molecule has 0 spiro atoms. The molecule has 2 N–H and O–H groups in total. The minimum atomic E-state index is -0.175. The average molecular weight is 284 g/mol. The second kappa shape index (κ2) is 5.49. The topological polar surface area (TPSA) is 81.2 Å². The van der Waals surface area contributed by atoms with E-state index in [1.807, 2.05) is 18.2 Å². The quantitative estimate of drug-likeness (QED) is 0.888. The molecule has 3 rings (SSSR count). The van der Waals surface area contributed by atoms with E-state index in [1.165, 1.54) is 10.8 Å². The van der Waals surface area contributed by atoms with E-state index in [1.54, 1.807) is 17.3 Å². The van der Waals surface area contributed by atoms with Gasteiger partial charge in [0.1, 0.15) is 0 Å². The third kappa shape index (κ3) is 2.45. The van der Waals surface area contributed by atoms with Crippen LogP contribution in [0.5, 0.6) is 0 Å². The lowest BCUT2D eigenvalue weighted by Crippen LogP contribution is -2.30. The fourth-order valence-electron chi connectivity index (χ4n) is 2.62. The lowest BCUT2D eigenvalue weighted by Gasteiger charge is -2.17. The largest absolute Gasteiger partial charge is 0.330 e. The van der Waals surface area contributed by atoms with Gasteiger partial charge in [0.25, 0.3) is 5.56 Å². The maximum Gasteiger partial charge on any atom is 0.273 e. The summed E-state index contributed by atoms with van der Waals surface area (Å²) < 4.78 is 1.54. The highest BCUT2D eigenvalue weighted by atomic mass is 16.2. The molecule has 2 aromatic rings. The van der Waals surface area contributed by atoms with Crippen molar-refractivity contribution >= 4 is 11.6 Å². The van der Waals surface area contributed by atoms with Crippen molar-refractivity contribution in [3.63, 3.8) is 0 Å². The molecule has 6 nitrogen and oxygen atoms in total. The molecule has 0 atom stereocenters. The van der Waals surface area contributed by atoms with Gasteiger partial charge < -0.3 is 10.6 Å². The van der Waals surface area contributed by atoms with Crippen LogP contribution in [0.25, 0.3) is 5.69 Å². The Morgan fingerprint density at radius 2 is 2.24 bits per heavy atom. The van der Waals surface area contributed by atoms with Gasteiger partial charge in [-0.2, -0.15) is 0 Å². The van der Waals surface area contributed by atoms with E-state index >= 15 is 0 Å². The van der Waals surface area contributed by atoms with E-state index in [4.69, 9.17) is 5.73 Å². The minimum absolute atomic E-state index is 0.0464. The fraction of sp³-hybridized carbons (Fsp3) is 0.267. The summed E-state index contributed by atoms with van der Waals surface area (Å²) in [5.41, 5.74) is 8.04. The van der Waals surface area contributed by atoms with Crippen LogP contribution in [0.15, 0.2) is 41.6 Å². The van der Waals surface area contributed by atoms with E-state index in [0.29, 0.717) is 19.5 Å². The summed E-state index contributed by atoms with van der Waals surface area (Å²) in [6.45, 7) is 1.03. The van der Waals surface area contributed by atoms with Gasteiger partial charge in [0.15, 0.2) is 0 Å². The predicted octanol–water partition coefficient (Wildman–Crippen LogP) is 0.470. The van der Waals surface area contributed by atoms with Crippen molar-refractivity contribution in [2.75, 3.05) is 18.0 Å². The lowest BCUT2D eigenvalue weighted by atomic mass is 10.1. The van der Waals surface area contributed by atoms with E-state index in [2.05, 4.69) is 4.98 Å². The Balaban J connectivity index is 1.96. The van der Waals surface area contributed by atoms with Crippen LogP contribution in [0.2, 0.25) is 0 Å². The Kier molecular flexibility index (Phi) is 3.53. The van der Waals surface area contributed by atoms with Crippen molar-refractivity contribution in [1.82, 2.24) is 9.55 Å². The van der Waals surface area contributed by atoms with Gasteiger partial charge in [-0.1, -0.05) is 0 Å². The number of hydrogen-bond donors (Lipinski definition) is 1. The minimum Gasteiger partial charge on any atom is -0.330 e. The van der Waals surface area contributed by atoms with Crippen LogP contribution in [0.4, 0.5) is 5.69 Å². The molecule has 0 radical (unpaired) electrons. The van der Waals surface area contributed by atoms with Gasteiger partial charge in [-0.05, 0) is 30.2 Å². The molecule has 1 aromatic carbocycles. The molecule has 0 saturated carbocycles. The molecule has 2 heterocycles. The molecule has 0 bridgehead atoms. The number of nitrogens with zero attached hydrogens (tertiary/aromatic N) is 3. The third-order valence-corrected chi connectivity index (χ3v) is 3.62. The SMILES string of the molecule is NCCC(=O)N1CCc2cc(-n3ccncc3=O)ccc21. The van der Waals surface area contributed by atoms with E-state index in [-0.39, 0.29) is 11.5 Å². The van der Waals surface area contributed by atoms with Gasteiger partial charge >= 0.3 is 0 Å². The number of benzene rings is 1. The Bertz CT molecular complexity index is 738. The van der Waals surface area contributed by atoms with Crippen molar-refractivity contribution in [2.45, 2.75) is 12.8 Å². The number of carbonyl (C=O) groups excluding carboxylic acids is 1. The van der Waals surface area contributed by atoms with Gasteiger partial charge in [-0.15, -0.1) is 0 Å². The number of hydrogen-bond acceptors (Lipinski definition) is 4. The highest BCUT2D eigenvalue weighted by Crippen LogP contribution is 2.30. The zero-order chi connectivity index (χ0) is 14.8. The molecule has 0 aliphatic carbocycles. The lowest BCUT2D eigenvalue weighted by molar-refractivity contribution is -0.118. The number of amides is 1. The predicted molar refractivity (Wildman–Crippen MR) is 79.6 cm³/mol. The molecule has 0 saturated heterocycles. The zero-order valence-electron chi connectivity index (χ0n) is 11.5. The first kappa shape index (κ1) is 13.5. The standard InChI is InChI=1S/C15H16N4O2/c16-5-3-14(20)19-7-4-11-9-12(1-2-13(11)19)18-8-6-17-10-15(18)21/h1-2,6,8-10H,3-5,7,16H2. The Morgan fingerprint density at radius 1 is 1.38 bits per heavy atom. The van der Waals surface area contributed by atoms with Crippen LogP contribution in [-0.4, -0.2) is 28.5 Å². The molecule has 1 amide bonds. The van der Waals surface area contributed by atoms with Crippen molar-refractivity contribution in [3.8, 4) is 5.69 Å². The Morgan fingerprint density at radius 3 is 3.00 bits per heavy atom. The molecule has 1 aliphatic heterocycles. The van der Waals surface area contributed by atoms with Gasteiger partial charge in [0.2, 0.25) is 5.91 Å². The first-order chi connectivity index (χ1) is 10.2. The monoisotopic (exact) mass is 284 g/mol. The summed E-state index contributed by atoms with van der Waals surface area (Å²) in [6.07, 6.45) is 5.64. The first-order valence-corrected chi connectivity index (χ1v) is 6.87. The molecule has 1 aliphatic rings. The van der Waals surface area contributed by atoms with Crippen LogP contribution in [-0.2, 0) is 11.2 Å². The normalized spacial score (nSPS) is 13.3. The summed E-state index contributed by atoms with van der Waals surface area (Å²) in [5, 5.41) is 0. The summed E-state index contributed by atoms with van der Waals surface area (Å²) in [6, 6.07) is 5.68. The van der Waals surface area contributed by atoms with Gasteiger partial charge in [0, 0.05) is 43.3 Å². The van der Waals surface area contributed by atoms with Gasteiger partial charge in [0.05, 0.1) is 6.20 Å². The zero-order valence-corrected chi connectivity index (χ0v) is 11.5. The molecule has 6 heteroatoms. The van der Waals surface area contributed by atoms with Crippen molar-refractivity contribution in [3.05, 3.63) is 52.7 Å². The average Bonchev–Trinajstić information content (AvgIpc) is 2.91. The molecular formula is C15H16N4O2. The first-order valence-electron chi connectivity index (χ1n) is 6.87. The molecule has 0 unspecified atom stereocenters. The summed E-state index contributed by atoms with van der Waals surface area (Å²) >= 11 is 0. The summed E-state index contributed by atoms with van der Waals surface area (Å²) in [7, 11) is 0. The summed E-state index contributed by atoms with van der Waals surface area (Å²) in [4.78, 5) is 29.4. The van der Waals surface area contributed by atoms with Gasteiger partial charge in [-0.3, -0.25) is 19.1 Å². The molecule has 108 valence electrons. The van der Waals surface area contributed by atoms with E-state index < -0.39 is 0 Å². The number of aromatic nitrogens is 2. The second-order valence-electron chi connectivity index (χ2n) is 4.93. The van der Waals surface area contributed by atoms with Crippen LogP contribution in [0.1, 0.15) is 12.0 Å². The van der Waals surface area contributed by atoms with Crippen molar-refractivity contribution < 1.29 is 4.79 Å².